The highest BCUT2D eigenvalue weighted by atomic mass is 32.2. The maximum atomic E-state index is 10.6. The van der Waals surface area contributed by atoms with E-state index >= 15 is 0 Å². The number of aromatic carboxylic acids is 1. The smallest absolute Gasteiger partial charge is 0.371 e. The van der Waals surface area contributed by atoms with Gasteiger partial charge in [0.05, 0.1) is 0 Å². The molecule has 4 heteroatoms. The number of aryl methyl sites for hydroxylation is 1. The van der Waals surface area contributed by atoms with Crippen LogP contribution in [0.25, 0.3) is 0 Å². The summed E-state index contributed by atoms with van der Waals surface area (Å²) in [7, 11) is 0. The number of hydrogen-bond acceptors (Lipinski definition) is 3. The highest BCUT2D eigenvalue weighted by Crippen LogP contribution is 2.29. The van der Waals surface area contributed by atoms with Gasteiger partial charge in [-0.25, -0.2) is 4.79 Å². The lowest BCUT2D eigenvalue weighted by Crippen LogP contribution is -1.91. The molecule has 0 atom stereocenters. The fraction of sp³-hybridized carbons (Fsp3) is 0.0833. The largest absolute Gasteiger partial charge is 0.475 e. The number of carbonyl (C=O) groups is 1. The van der Waals surface area contributed by atoms with E-state index in [9.17, 15) is 4.79 Å². The van der Waals surface area contributed by atoms with Crippen molar-refractivity contribution in [3.8, 4) is 0 Å². The second kappa shape index (κ2) is 4.45. The molecule has 2 aromatic rings. The molecule has 0 aliphatic carbocycles. The second-order valence-corrected chi connectivity index (χ2v) is 4.42. The van der Waals surface area contributed by atoms with Gasteiger partial charge in [-0.3, -0.25) is 0 Å². The number of carboxylic acids is 1. The molecule has 82 valence electrons. The first-order valence-electron chi connectivity index (χ1n) is 4.73. The average molecular weight is 234 g/mol. The Hall–Kier alpha value is -1.68. The summed E-state index contributed by atoms with van der Waals surface area (Å²) in [4.78, 5) is 11.6. The third kappa shape index (κ3) is 2.46. The predicted molar refractivity (Wildman–Crippen MR) is 61.0 cm³/mol. The lowest BCUT2D eigenvalue weighted by molar-refractivity contribution is 0.0656. The summed E-state index contributed by atoms with van der Waals surface area (Å²) in [6, 6.07) is 11.1. The van der Waals surface area contributed by atoms with Gasteiger partial charge in [0.25, 0.3) is 0 Å². The Labute approximate surface area is 97.1 Å². The number of carboxylic acid groups (broad SMARTS) is 1. The van der Waals surface area contributed by atoms with Crippen molar-refractivity contribution >= 4 is 17.7 Å². The lowest BCUT2D eigenvalue weighted by Gasteiger charge is -1.98. The number of benzene rings is 1. The topological polar surface area (TPSA) is 50.4 Å². The first-order valence-corrected chi connectivity index (χ1v) is 5.54. The molecule has 0 aliphatic heterocycles. The highest BCUT2D eigenvalue weighted by Gasteiger charge is 2.09. The van der Waals surface area contributed by atoms with Crippen LogP contribution in [0.1, 0.15) is 16.1 Å². The molecule has 1 heterocycles. The first-order chi connectivity index (χ1) is 7.65. The molecule has 0 saturated heterocycles. The van der Waals surface area contributed by atoms with Crippen molar-refractivity contribution in [2.45, 2.75) is 16.9 Å². The van der Waals surface area contributed by atoms with E-state index < -0.39 is 5.97 Å². The Kier molecular flexibility index (Phi) is 3.01. The number of rotatable bonds is 3. The Morgan fingerprint density at radius 3 is 2.44 bits per heavy atom. The van der Waals surface area contributed by atoms with Gasteiger partial charge in [0.15, 0.2) is 5.09 Å². The van der Waals surface area contributed by atoms with E-state index in [1.54, 1.807) is 6.07 Å². The van der Waals surface area contributed by atoms with E-state index in [4.69, 9.17) is 9.52 Å². The standard InChI is InChI=1S/C12H10O3S/c1-8-2-4-9(5-3-8)16-11-7-6-10(15-11)12(13)14/h2-7H,1H3,(H,13,14). The third-order valence-electron chi connectivity index (χ3n) is 2.03. The van der Waals surface area contributed by atoms with E-state index in [0.717, 1.165) is 4.90 Å². The van der Waals surface area contributed by atoms with Crippen LogP contribution in [0.3, 0.4) is 0 Å². The maximum Gasteiger partial charge on any atom is 0.371 e. The first kappa shape index (κ1) is 10.8. The van der Waals surface area contributed by atoms with Crippen molar-refractivity contribution in [3.05, 3.63) is 47.7 Å². The molecule has 0 radical (unpaired) electrons. The van der Waals surface area contributed by atoms with Gasteiger partial charge in [0, 0.05) is 4.90 Å². The molecule has 0 amide bonds. The monoisotopic (exact) mass is 234 g/mol. The molecule has 0 spiro atoms. The van der Waals surface area contributed by atoms with Crippen LogP contribution in [-0.4, -0.2) is 11.1 Å². The van der Waals surface area contributed by atoms with Crippen LogP contribution in [0.5, 0.6) is 0 Å². The molecule has 3 nitrogen and oxygen atoms in total. The minimum Gasteiger partial charge on any atom is -0.475 e. The molecule has 2 rings (SSSR count). The van der Waals surface area contributed by atoms with Crippen molar-refractivity contribution in [2.24, 2.45) is 0 Å². The predicted octanol–water partition coefficient (Wildman–Crippen LogP) is 3.44. The molecule has 0 fully saturated rings. The normalized spacial score (nSPS) is 10.3. The molecule has 0 unspecified atom stereocenters. The maximum absolute atomic E-state index is 10.6. The summed E-state index contributed by atoms with van der Waals surface area (Å²) < 4.78 is 5.14. The van der Waals surface area contributed by atoms with Gasteiger partial charge in [-0.2, -0.15) is 0 Å². The molecule has 0 aliphatic rings. The average Bonchev–Trinajstić information content (AvgIpc) is 2.70. The van der Waals surface area contributed by atoms with Gasteiger partial charge in [-0.05, 0) is 31.2 Å². The van der Waals surface area contributed by atoms with E-state index in [0.29, 0.717) is 5.09 Å². The van der Waals surface area contributed by atoms with Crippen LogP contribution in [0.4, 0.5) is 0 Å². The van der Waals surface area contributed by atoms with E-state index in [1.165, 1.54) is 23.4 Å². The molecule has 1 aromatic heterocycles. The van der Waals surface area contributed by atoms with Crippen molar-refractivity contribution in [3.63, 3.8) is 0 Å². The molecule has 1 aromatic carbocycles. The van der Waals surface area contributed by atoms with Crippen molar-refractivity contribution in [2.75, 3.05) is 0 Å². The quantitative estimate of drug-likeness (QED) is 0.883. The SMILES string of the molecule is Cc1ccc(Sc2ccc(C(=O)O)o2)cc1. The van der Waals surface area contributed by atoms with Gasteiger partial charge >= 0.3 is 5.97 Å². The lowest BCUT2D eigenvalue weighted by atomic mass is 10.2. The molecule has 0 saturated carbocycles. The van der Waals surface area contributed by atoms with Gasteiger partial charge in [-0.15, -0.1) is 0 Å². The Morgan fingerprint density at radius 1 is 1.19 bits per heavy atom. The summed E-state index contributed by atoms with van der Waals surface area (Å²) in [5.74, 6) is -1.08. The van der Waals surface area contributed by atoms with Crippen LogP contribution < -0.4 is 0 Å². The van der Waals surface area contributed by atoms with E-state index in [2.05, 4.69) is 0 Å². The minimum atomic E-state index is -1.05. The third-order valence-corrected chi connectivity index (χ3v) is 2.96. The van der Waals surface area contributed by atoms with Crippen LogP contribution >= 0.6 is 11.8 Å². The van der Waals surface area contributed by atoms with Gasteiger partial charge in [0.1, 0.15) is 0 Å². The van der Waals surface area contributed by atoms with Gasteiger partial charge in [0.2, 0.25) is 5.76 Å². The molecule has 1 N–H and O–H groups in total. The van der Waals surface area contributed by atoms with Gasteiger partial charge in [-0.1, -0.05) is 29.5 Å². The summed E-state index contributed by atoms with van der Waals surface area (Å²) in [6.45, 7) is 2.02. The zero-order valence-corrected chi connectivity index (χ0v) is 9.45. The Balaban J connectivity index is 2.14. The zero-order chi connectivity index (χ0) is 11.5. The molecular formula is C12H10O3S. The summed E-state index contributed by atoms with van der Waals surface area (Å²) >= 11 is 1.40. The van der Waals surface area contributed by atoms with Gasteiger partial charge < -0.3 is 9.52 Å². The van der Waals surface area contributed by atoms with Crippen LogP contribution in [-0.2, 0) is 0 Å². The Morgan fingerprint density at radius 2 is 1.88 bits per heavy atom. The highest BCUT2D eigenvalue weighted by molar-refractivity contribution is 7.99. The van der Waals surface area contributed by atoms with Crippen LogP contribution in [0, 0.1) is 6.92 Å². The second-order valence-electron chi connectivity index (χ2n) is 3.34. The molecule has 16 heavy (non-hydrogen) atoms. The van der Waals surface area contributed by atoms with Crippen LogP contribution in [0.15, 0.2) is 50.8 Å². The summed E-state index contributed by atoms with van der Waals surface area (Å²) in [5, 5.41) is 9.28. The number of hydrogen-bond donors (Lipinski definition) is 1. The van der Waals surface area contributed by atoms with Crippen molar-refractivity contribution in [1.82, 2.24) is 0 Å². The van der Waals surface area contributed by atoms with E-state index in [-0.39, 0.29) is 5.76 Å². The zero-order valence-electron chi connectivity index (χ0n) is 8.64. The Bertz CT molecular complexity index is 499. The van der Waals surface area contributed by atoms with Crippen LogP contribution in [0.2, 0.25) is 0 Å². The van der Waals surface area contributed by atoms with Crippen molar-refractivity contribution < 1.29 is 14.3 Å². The molecular weight excluding hydrogens is 224 g/mol. The fourth-order valence-corrected chi connectivity index (χ4v) is 1.98. The van der Waals surface area contributed by atoms with E-state index in [1.807, 2.05) is 31.2 Å². The number of furan rings is 1. The minimum absolute atomic E-state index is 0.0328. The van der Waals surface area contributed by atoms with Crippen molar-refractivity contribution in [1.29, 1.82) is 0 Å². The summed E-state index contributed by atoms with van der Waals surface area (Å²) in [5.41, 5.74) is 1.19. The molecule has 0 bridgehead atoms. The fourth-order valence-electron chi connectivity index (χ4n) is 1.21. The summed E-state index contributed by atoms with van der Waals surface area (Å²) in [6.07, 6.45) is 0.